The van der Waals surface area contributed by atoms with Crippen LogP contribution in [0.25, 0.3) is 27.7 Å². The van der Waals surface area contributed by atoms with E-state index in [0.717, 1.165) is 39.6 Å². The highest BCUT2D eigenvalue weighted by Crippen LogP contribution is 2.52. The van der Waals surface area contributed by atoms with Crippen molar-refractivity contribution in [1.82, 2.24) is 0 Å². The summed E-state index contributed by atoms with van der Waals surface area (Å²) >= 11 is 6.17. The Morgan fingerprint density at radius 3 is 2.67 bits per heavy atom. The van der Waals surface area contributed by atoms with E-state index in [2.05, 4.69) is 43.4 Å². The molecule has 180 valence electrons. The predicted molar refractivity (Wildman–Crippen MR) is 141 cm³/mol. The highest BCUT2D eigenvalue weighted by atomic mass is 35.5. The predicted octanol–water partition coefficient (Wildman–Crippen LogP) is 7.76. The topological polar surface area (TPSA) is 79.5 Å². The molecule has 4 aromatic rings. The third-order valence-corrected chi connectivity index (χ3v) is 7.36. The van der Waals surface area contributed by atoms with E-state index in [4.69, 9.17) is 16.0 Å². The number of ketones is 1. The molecule has 2 aliphatic rings. The molecule has 6 rings (SSSR count). The van der Waals surface area contributed by atoms with Crippen LogP contribution in [0, 0.1) is 5.41 Å². The van der Waals surface area contributed by atoms with Gasteiger partial charge in [0.15, 0.2) is 5.78 Å². The van der Waals surface area contributed by atoms with E-state index < -0.39 is 12.0 Å². The van der Waals surface area contributed by atoms with Gasteiger partial charge in [-0.15, -0.1) is 0 Å². The molecule has 1 aliphatic carbocycles. The third-order valence-electron chi connectivity index (χ3n) is 7.13. The van der Waals surface area contributed by atoms with Crippen LogP contribution in [0.2, 0.25) is 5.02 Å². The molecule has 2 heterocycles. The molecule has 0 amide bonds. The summed E-state index contributed by atoms with van der Waals surface area (Å²) in [4.78, 5) is 25.4. The Kier molecular flexibility index (Phi) is 5.09. The number of anilines is 1. The lowest BCUT2D eigenvalue weighted by Gasteiger charge is -2.39. The van der Waals surface area contributed by atoms with Gasteiger partial charge >= 0.3 is 5.97 Å². The third kappa shape index (κ3) is 3.62. The summed E-state index contributed by atoms with van der Waals surface area (Å²) in [5.74, 6) is -0.0161. The quantitative estimate of drug-likeness (QED) is 0.302. The van der Waals surface area contributed by atoms with E-state index in [1.54, 1.807) is 18.2 Å². The second-order valence-corrected chi connectivity index (χ2v) is 10.8. The maximum absolute atomic E-state index is 13.6. The first kappa shape index (κ1) is 22.6. The first-order valence-electron chi connectivity index (χ1n) is 11.9. The van der Waals surface area contributed by atoms with E-state index in [1.807, 2.05) is 18.2 Å². The van der Waals surface area contributed by atoms with Crippen LogP contribution in [0.3, 0.4) is 0 Å². The number of rotatable bonds is 3. The second kappa shape index (κ2) is 8.10. The van der Waals surface area contributed by atoms with Crippen molar-refractivity contribution in [3.8, 4) is 11.3 Å². The van der Waals surface area contributed by atoms with Gasteiger partial charge in [-0.1, -0.05) is 55.8 Å². The Balaban J connectivity index is 1.53. The van der Waals surface area contributed by atoms with Gasteiger partial charge in [0.1, 0.15) is 17.6 Å². The first-order chi connectivity index (χ1) is 17.2. The van der Waals surface area contributed by atoms with Crippen LogP contribution in [0.5, 0.6) is 0 Å². The molecule has 0 radical (unpaired) electrons. The number of Topliss-reactive ketones (excluding diaryl/α,β-unsaturated/α-hetero) is 1. The van der Waals surface area contributed by atoms with Crippen LogP contribution in [-0.2, 0) is 4.79 Å². The van der Waals surface area contributed by atoms with Crippen molar-refractivity contribution < 1.29 is 19.1 Å². The number of hydrogen-bond donors (Lipinski definition) is 2. The molecule has 0 fully saturated rings. The molecule has 2 N–H and O–H groups in total. The summed E-state index contributed by atoms with van der Waals surface area (Å²) in [6.07, 6.45) is 1.23. The Hall–Kier alpha value is -3.83. The molecule has 0 saturated carbocycles. The van der Waals surface area contributed by atoms with Crippen LogP contribution in [0.4, 0.5) is 5.69 Å². The van der Waals surface area contributed by atoms with Gasteiger partial charge in [0.25, 0.3) is 0 Å². The average molecular weight is 498 g/mol. The number of carbonyl (C=O) groups excluding carboxylic acids is 1. The SMILES string of the molecule is CC1(C)CC(=O)C2=C(C1)c1c(ccc3ccccc13)N[C@@H]2c1ccc(-c2cc(Cl)ccc2C(=O)O)o1. The summed E-state index contributed by atoms with van der Waals surface area (Å²) in [6, 6.07) is 20.0. The van der Waals surface area contributed by atoms with E-state index in [9.17, 15) is 14.7 Å². The average Bonchev–Trinajstić information content (AvgIpc) is 3.32. The molecule has 36 heavy (non-hydrogen) atoms. The maximum Gasteiger partial charge on any atom is 0.336 e. The molecule has 6 heteroatoms. The Bertz CT molecular complexity index is 1610. The van der Waals surface area contributed by atoms with E-state index in [0.29, 0.717) is 28.5 Å². The molecule has 0 unspecified atom stereocenters. The van der Waals surface area contributed by atoms with Crippen molar-refractivity contribution in [2.45, 2.75) is 32.7 Å². The number of hydrogen-bond acceptors (Lipinski definition) is 4. The zero-order chi connectivity index (χ0) is 25.2. The molecule has 0 saturated heterocycles. The molecule has 0 bridgehead atoms. The lowest BCUT2D eigenvalue weighted by molar-refractivity contribution is -0.118. The summed E-state index contributed by atoms with van der Waals surface area (Å²) in [7, 11) is 0. The van der Waals surface area contributed by atoms with Gasteiger partial charge in [-0.3, -0.25) is 4.79 Å². The summed E-state index contributed by atoms with van der Waals surface area (Å²) < 4.78 is 6.24. The minimum absolute atomic E-state index is 0.101. The Morgan fingerprint density at radius 1 is 1.06 bits per heavy atom. The van der Waals surface area contributed by atoms with E-state index >= 15 is 0 Å². The van der Waals surface area contributed by atoms with Crippen LogP contribution in [0.1, 0.15) is 54.4 Å². The number of furan rings is 1. The fraction of sp³-hybridized carbons (Fsp3) is 0.200. The zero-order valence-electron chi connectivity index (χ0n) is 19.9. The molecule has 1 aromatic heterocycles. The van der Waals surface area contributed by atoms with Crippen molar-refractivity contribution in [3.05, 3.63) is 94.2 Å². The van der Waals surface area contributed by atoms with Gasteiger partial charge in [-0.2, -0.15) is 0 Å². The van der Waals surface area contributed by atoms with Crippen LogP contribution in [0.15, 0.2) is 76.7 Å². The number of allylic oxidation sites excluding steroid dienone is 1. The fourth-order valence-corrected chi connectivity index (χ4v) is 5.78. The van der Waals surface area contributed by atoms with Gasteiger partial charge in [0.05, 0.1) is 5.56 Å². The number of halogens is 1. The lowest BCUT2D eigenvalue weighted by Crippen LogP contribution is -2.33. The van der Waals surface area contributed by atoms with E-state index in [-0.39, 0.29) is 16.8 Å². The molecule has 5 nitrogen and oxygen atoms in total. The second-order valence-electron chi connectivity index (χ2n) is 10.3. The number of benzene rings is 3. The Morgan fingerprint density at radius 2 is 1.86 bits per heavy atom. The van der Waals surface area contributed by atoms with Crippen molar-refractivity contribution in [2.24, 2.45) is 5.41 Å². The van der Waals surface area contributed by atoms with Crippen molar-refractivity contribution in [3.63, 3.8) is 0 Å². The largest absolute Gasteiger partial charge is 0.478 e. The minimum Gasteiger partial charge on any atom is -0.478 e. The number of fused-ring (bicyclic) bond motifs is 4. The van der Waals surface area contributed by atoms with Gasteiger partial charge < -0.3 is 14.8 Å². The van der Waals surface area contributed by atoms with Crippen molar-refractivity contribution in [1.29, 1.82) is 0 Å². The van der Waals surface area contributed by atoms with Crippen molar-refractivity contribution in [2.75, 3.05) is 5.32 Å². The number of aromatic carboxylic acids is 1. The summed E-state index contributed by atoms with van der Waals surface area (Å²) in [5, 5.41) is 15.9. The van der Waals surface area contributed by atoms with Crippen LogP contribution in [-0.4, -0.2) is 16.9 Å². The normalized spacial score (nSPS) is 18.5. The minimum atomic E-state index is -1.06. The molecular weight excluding hydrogens is 474 g/mol. The maximum atomic E-state index is 13.6. The number of carboxylic acid groups (broad SMARTS) is 1. The monoisotopic (exact) mass is 497 g/mol. The zero-order valence-corrected chi connectivity index (χ0v) is 20.6. The number of nitrogens with one attached hydrogen (secondary N) is 1. The van der Waals surface area contributed by atoms with E-state index in [1.165, 1.54) is 6.07 Å². The molecule has 0 spiro atoms. The smallest absolute Gasteiger partial charge is 0.336 e. The fourth-order valence-electron chi connectivity index (χ4n) is 5.61. The first-order valence-corrected chi connectivity index (χ1v) is 12.3. The summed E-state index contributed by atoms with van der Waals surface area (Å²) in [6.45, 7) is 4.27. The molecule has 1 aliphatic heterocycles. The number of carboxylic acids is 1. The Labute approximate surface area is 213 Å². The number of carbonyl (C=O) groups is 2. The highest BCUT2D eigenvalue weighted by Gasteiger charge is 2.41. The highest BCUT2D eigenvalue weighted by molar-refractivity contribution is 6.31. The van der Waals surface area contributed by atoms with Crippen LogP contribution >= 0.6 is 11.6 Å². The standard InChI is InChI=1S/C30H24ClNO4/c1-30(2)14-21-26-18-6-4-3-5-16(18)7-10-22(26)32-28(27(21)23(33)15-30)25-12-11-24(36-25)20-13-17(31)8-9-19(20)29(34)35/h3-13,28,32H,14-15H2,1-2H3,(H,34,35)/t28-/m1/s1. The summed E-state index contributed by atoms with van der Waals surface area (Å²) in [5.41, 5.74) is 4.16. The van der Waals surface area contributed by atoms with Crippen LogP contribution < -0.4 is 5.32 Å². The van der Waals surface area contributed by atoms with Gasteiger partial charge in [-0.05, 0) is 64.6 Å². The lowest BCUT2D eigenvalue weighted by atomic mass is 9.68. The molecule has 1 atom stereocenters. The molecule has 3 aromatic carbocycles. The molecular formula is C30H24ClNO4. The van der Waals surface area contributed by atoms with Crippen molar-refractivity contribution >= 4 is 45.4 Å². The van der Waals surface area contributed by atoms with Gasteiger partial charge in [-0.25, -0.2) is 4.79 Å². The van der Waals surface area contributed by atoms with Gasteiger partial charge in [0.2, 0.25) is 0 Å². The van der Waals surface area contributed by atoms with Gasteiger partial charge in [0, 0.05) is 33.8 Å².